The van der Waals surface area contributed by atoms with Crippen LogP contribution in [0.1, 0.15) is 5.56 Å². The predicted octanol–water partition coefficient (Wildman–Crippen LogP) is 2.16. The van der Waals surface area contributed by atoms with E-state index >= 15 is 0 Å². The van der Waals surface area contributed by atoms with Gasteiger partial charge in [0.2, 0.25) is 0 Å². The molecule has 0 unspecified atom stereocenters. The number of rotatable bonds is 1. The van der Waals surface area contributed by atoms with Crippen molar-refractivity contribution in [3.05, 3.63) is 27.8 Å². The summed E-state index contributed by atoms with van der Waals surface area (Å²) >= 11 is 15.5. The number of hydrogen-bond donors (Lipinski definition) is 1. The minimum Gasteiger partial charge on any atom is -0.389 e. The number of hydrogen-bond acceptors (Lipinski definition) is 2. The third-order valence-electron chi connectivity index (χ3n) is 1.15. The number of pyridine rings is 1. The van der Waals surface area contributed by atoms with Crippen LogP contribution in [-0.4, -0.2) is 9.97 Å². The molecule has 12 heavy (non-hydrogen) atoms. The third kappa shape index (κ3) is 1.83. The van der Waals surface area contributed by atoms with Crippen LogP contribution in [-0.2, 0) is 0 Å². The van der Waals surface area contributed by atoms with Gasteiger partial charge in [0, 0.05) is 5.56 Å². The fraction of sp³-hybridized carbons (Fsp3) is 0. The zero-order valence-electron chi connectivity index (χ0n) is 5.64. The molecule has 6 heteroatoms. The van der Waals surface area contributed by atoms with Gasteiger partial charge < -0.3 is 5.73 Å². The SMILES string of the molecule is NC(=S)c1cc(F)c(Cl)nc1Cl. The molecular formula is C6H3Cl2FN2S. The Morgan fingerprint density at radius 2 is 2.08 bits per heavy atom. The Bertz CT molecular complexity index is 343. The summed E-state index contributed by atoms with van der Waals surface area (Å²) < 4.78 is 12.8. The van der Waals surface area contributed by atoms with Gasteiger partial charge in [-0.3, -0.25) is 0 Å². The topological polar surface area (TPSA) is 38.9 Å². The van der Waals surface area contributed by atoms with Crippen molar-refractivity contribution in [2.24, 2.45) is 5.73 Å². The molecule has 1 heterocycles. The largest absolute Gasteiger partial charge is 0.389 e. The van der Waals surface area contributed by atoms with Gasteiger partial charge in [-0.05, 0) is 6.07 Å². The van der Waals surface area contributed by atoms with E-state index in [4.69, 9.17) is 28.9 Å². The van der Waals surface area contributed by atoms with Crippen LogP contribution in [0.15, 0.2) is 6.07 Å². The lowest BCUT2D eigenvalue weighted by Gasteiger charge is -2.01. The second-order valence-electron chi connectivity index (χ2n) is 1.96. The summed E-state index contributed by atoms with van der Waals surface area (Å²) in [4.78, 5) is 3.47. The minimum absolute atomic E-state index is 0.00824. The molecule has 0 aromatic carbocycles. The average Bonchev–Trinajstić information content (AvgIpc) is 1.96. The number of halogens is 3. The number of nitrogens with two attached hydrogens (primary N) is 1. The number of nitrogens with zero attached hydrogens (tertiary/aromatic N) is 1. The summed E-state index contributed by atoms with van der Waals surface area (Å²) in [5.41, 5.74) is 5.42. The molecule has 0 fully saturated rings. The number of aromatic nitrogens is 1. The molecular weight excluding hydrogens is 222 g/mol. The summed E-state index contributed by atoms with van der Waals surface area (Å²) in [6.07, 6.45) is 0. The van der Waals surface area contributed by atoms with Gasteiger partial charge in [0.25, 0.3) is 0 Å². The quantitative estimate of drug-likeness (QED) is 0.588. The van der Waals surface area contributed by atoms with Crippen molar-refractivity contribution >= 4 is 40.4 Å². The molecule has 0 aliphatic carbocycles. The number of thiocarbonyl (C=S) groups is 1. The van der Waals surface area contributed by atoms with Gasteiger partial charge in [0.05, 0.1) is 0 Å². The molecule has 0 saturated heterocycles. The zero-order valence-corrected chi connectivity index (χ0v) is 7.97. The zero-order chi connectivity index (χ0) is 9.30. The highest BCUT2D eigenvalue weighted by Crippen LogP contribution is 2.19. The monoisotopic (exact) mass is 224 g/mol. The molecule has 0 spiro atoms. The van der Waals surface area contributed by atoms with E-state index in [1.54, 1.807) is 0 Å². The minimum atomic E-state index is -0.691. The van der Waals surface area contributed by atoms with E-state index in [0.717, 1.165) is 6.07 Å². The molecule has 64 valence electrons. The van der Waals surface area contributed by atoms with Crippen LogP contribution in [0.5, 0.6) is 0 Å². The summed E-state index contributed by atoms with van der Waals surface area (Å²) in [6, 6.07) is 1.06. The van der Waals surface area contributed by atoms with Crippen LogP contribution >= 0.6 is 35.4 Å². The maximum Gasteiger partial charge on any atom is 0.166 e. The first-order valence-electron chi connectivity index (χ1n) is 2.83. The Balaban J connectivity index is 3.33. The van der Waals surface area contributed by atoms with Crippen LogP contribution in [0.25, 0.3) is 0 Å². The Hall–Kier alpha value is -0.450. The van der Waals surface area contributed by atoms with Crippen LogP contribution in [0, 0.1) is 5.82 Å². The summed E-state index contributed by atoms with van der Waals surface area (Å²) in [5, 5.41) is -0.283. The average molecular weight is 225 g/mol. The van der Waals surface area contributed by atoms with Crippen molar-refractivity contribution in [1.29, 1.82) is 0 Å². The van der Waals surface area contributed by atoms with Gasteiger partial charge in [0.15, 0.2) is 11.0 Å². The second kappa shape index (κ2) is 3.51. The molecule has 0 aliphatic rings. The van der Waals surface area contributed by atoms with Crippen molar-refractivity contribution in [3.8, 4) is 0 Å². The van der Waals surface area contributed by atoms with E-state index in [0.29, 0.717) is 0 Å². The second-order valence-corrected chi connectivity index (χ2v) is 3.12. The van der Waals surface area contributed by atoms with E-state index in [-0.39, 0.29) is 20.9 Å². The van der Waals surface area contributed by atoms with Crippen molar-refractivity contribution < 1.29 is 4.39 Å². The van der Waals surface area contributed by atoms with Gasteiger partial charge in [-0.2, -0.15) is 0 Å². The Morgan fingerprint density at radius 3 is 2.58 bits per heavy atom. The first-order valence-corrected chi connectivity index (χ1v) is 4.00. The van der Waals surface area contributed by atoms with Crippen LogP contribution < -0.4 is 5.73 Å². The van der Waals surface area contributed by atoms with Crippen LogP contribution in [0.2, 0.25) is 10.3 Å². The predicted molar refractivity (Wildman–Crippen MR) is 50.1 cm³/mol. The molecule has 2 nitrogen and oxygen atoms in total. The van der Waals surface area contributed by atoms with E-state index in [9.17, 15) is 4.39 Å². The highest BCUT2D eigenvalue weighted by Gasteiger charge is 2.09. The molecule has 2 N–H and O–H groups in total. The van der Waals surface area contributed by atoms with Gasteiger partial charge in [-0.1, -0.05) is 35.4 Å². The Kier molecular flexibility index (Phi) is 2.82. The van der Waals surface area contributed by atoms with E-state index in [1.807, 2.05) is 0 Å². The van der Waals surface area contributed by atoms with Crippen molar-refractivity contribution in [2.75, 3.05) is 0 Å². The lowest BCUT2D eigenvalue weighted by molar-refractivity contribution is 0.621. The standard InChI is InChI=1S/C6H3Cl2FN2S/c7-4-2(6(10)12)1-3(9)5(8)11-4/h1H,(H2,10,12). The summed E-state index contributed by atoms with van der Waals surface area (Å²) in [7, 11) is 0. The van der Waals surface area contributed by atoms with Gasteiger partial charge in [-0.25, -0.2) is 9.37 Å². The molecule has 0 saturated carbocycles. The molecule has 0 atom stereocenters. The third-order valence-corrected chi connectivity index (χ3v) is 1.93. The van der Waals surface area contributed by atoms with Gasteiger partial charge in [0.1, 0.15) is 10.1 Å². The lowest BCUT2D eigenvalue weighted by Crippen LogP contribution is -2.11. The molecule has 0 radical (unpaired) electrons. The smallest absolute Gasteiger partial charge is 0.166 e. The first-order chi connectivity index (χ1) is 5.52. The maximum atomic E-state index is 12.8. The fourth-order valence-corrected chi connectivity index (χ4v) is 1.25. The van der Waals surface area contributed by atoms with Crippen molar-refractivity contribution in [1.82, 2.24) is 4.98 Å². The fourth-order valence-electron chi connectivity index (χ4n) is 0.618. The van der Waals surface area contributed by atoms with Crippen LogP contribution in [0.4, 0.5) is 4.39 Å². The Morgan fingerprint density at radius 1 is 1.50 bits per heavy atom. The van der Waals surface area contributed by atoms with Crippen molar-refractivity contribution in [3.63, 3.8) is 0 Å². The first kappa shape index (κ1) is 9.64. The molecule has 0 bridgehead atoms. The molecule has 0 aliphatic heterocycles. The van der Waals surface area contributed by atoms with Crippen LogP contribution in [0.3, 0.4) is 0 Å². The lowest BCUT2D eigenvalue weighted by atomic mass is 10.3. The Labute approximate surface area is 83.5 Å². The normalized spacial score (nSPS) is 9.92. The van der Waals surface area contributed by atoms with E-state index < -0.39 is 5.82 Å². The molecule has 1 aromatic rings. The highest BCUT2D eigenvalue weighted by atomic mass is 35.5. The molecule has 1 rings (SSSR count). The van der Waals surface area contributed by atoms with E-state index in [1.165, 1.54) is 0 Å². The maximum absolute atomic E-state index is 12.8. The van der Waals surface area contributed by atoms with E-state index in [2.05, 4.69) is 17.2 Å². The van der Waals surface area contributed by atoms with Gasteiger partial charge in [-0.15, -0.1) is 0 Å². The van der Waals surface area contributed by atoms with Crippen molar-refractivity contribution in [2.45, 2.75) is 0 Å². The molecule has 1 aromatic heterocycles. The summed E-state index contributed by atoms with van der Waals surface area (Å²) in [5.74, 6) is -0.691. The molecule has 0 amide bonds. The summed E-state index contributed by atoms with van der Waals surface area (Å²) in [6.45, 7) is 0. The van der Waals surface area contributed by atoms with Gasteiger partial charge >= 0.3 is 0 Å². The highest BCUT2D eigenvalue weighted by molar-refractivity contribution is 7.80.